The molecule has 0 bridgehead atoms. The molecular formula is C11H16BrNO3S. The van der Waals surface area contributed by atoms with E-state index >= 15 is 0 Å². The zero-order chi connectivity index (χ0) is 12.9. The zero-order valence-electron chi connectivity index (χ0n) is 9.61. The molecule has 0 aromatic heterocycles. The van der Waals surface area contributed by atoms with E-state index in [-0.39, 0.29) is 12.4 Å². The molecule has 6 heteroatoms. The van der Waals surface area contributed by atoms with Gasteiger partial charge in [0.25, 0.3) is 0 Å². The third-order valence-corrected chi connectivity index (χ3v) is 4.13. The third kappa shape index (κ3) is 5.06. The molecule has 0 aliphatic rings. The van der Waals surface area contributed by atoms with E-state index in [9.17, 15) is 8.42 Å². The van der Waals surface area contributed by atoms with Crippen molar-refractivity contribution in [3.8, 4) is 0 Å². The predicted molar refractivity (Wildman–Crippen MR) is 72.6 cm³/mol. The summed E-state index contributed by atoms with van der Waals surface area (Å²) in [5.74, 6) is 0.0308. The van der Waals surface area contributed by atoms with Crippen LogP contribution in [0.15, 0.2) is 22.7 Å². The first-order chi connectivity index (χ1) is 7.94. The zero-order valence-corrected chi connectivity index (χ0v) is 12.0. The molecule has 1 aromatic carbocycles. The molecule has 0 atom stereocenters. The van der Waals surface area contributed by atoms with E-state index in [1.807, 2.05) is 13.0 Å². The molecule has 0 heterocycles. The number of aryl methyl sites for hydroxylation is 1. The Morgan fingerprint density at radius 1 is 1.35 bits per heavy atom. The number of rotatable bonds is 6. The fourth-order valence-corrected chi connectivity index (χ4v) is 3.09. The van der Waals surface area contributed by atoms with Gasteiger partial charge in [-0.3, -0.25) is 4.72 Å². The van der Waals surface area contributed by atoms with Gasteiger partial charge in [0.2, 0.25) is 10.0 Å². The number of benzene rings is 1. The number of anilines is 1. The van der Waals surface area contributed by atoms with Crippen molar-refractivity contribution in [1.82, 2.24) is 0 Å². The lowest BCUT2D eigenvalue weighted by molar-refractivity contribution is 0.287. The lowest BCUT2D eigenvalue weighted by Gasteiger charge is -2.10. The summed E-state index contributed by atoms with van der Waals surface area (Å²) in [6.07, 6.45) is 0.960. The van der Waals surface area contributed by atoms with Crippen molar-refractivity contribution >= 4 is 31.6 Å². The van der Waals surface area contributed by atoms with Crippen LogP contribution in [0.5, 0.6) is 0 Å². The summed E-state index contributed by atoms with van der Waals surface area (Å²) >= 11 is 3.32. The minimum Gasteiger partial charge on any atom is -0.396 e. The fourth-order valence-electron chi connectivity index (χ4n) is 1.36. The van der Waals surface area contributed by atoms with E-state index in [2.05, 4.69) is 20.7 Å². The molecular weight excluding hydrogens is 306 g/mol. The monoisotopic (exact) mass is 321 g/mol. The number of aliphatic hydroxyl groups is 1. The second-order valence-electron chi connectivity index (χ2n) is 3.81. The van der Waals surface area contributed by atoms with Crippen LogP contribution in [0.3, 0.4) is 0 Å². The van der Waals surface area contributed by atoms with Crippen molar-refractivity contribution in [2.45, 2.75) is 19.8 Å². The maximum atomic E-state index is 11.7. The second-order valence-corrected chi connectivity index (χ2v) is 6.57. The van der Waals surface area contributed by atoms with E-state index < -0.39 is 10.0 Å². The molecule has 0 radical (unpaired) electrons. The molecule has 0 saturated heterocycles. The maximum absolute atomic E-state index is 11.7. The normalized spacial score (nSPS) is 11.5. The quantitative estimate of drug-likeness (QED) is 0.790. The second kappa shape index (κ2) is 6.37. The number of halogens is 1. The molecule has 1 rings (SSSR count). The smallest absolute Gasteiger partial charge is 0.232 e. The van der Waals surface area contributed by atoms with Crippen molar-refractivity contribution < 1.29 is 13.5 Å². The largest absolute Gasteiger partial charge is 0.396 e. The summed E-state index contributed by atoms with van der Waals surface area (Å²) in [6, 6.07) is 5.37. The van der Waals surface area contributed by atoms with E-state index in [0.717, 1.165) is 10.0 Å². The molecule has 0 unspecified atom stereocenters. The average molecular weight is 322 g/mol. The Balaban J connectivity index is 2.69. The summed E-state index contributed by atoms with van der Waals surface area (Å²) in [4.78, 5) is 0. The highest BCUT2D eigenvalue weighted by atomic mass is 79.9. The minimum atomic E-state index is -3.32. The van der Waals surface area contributed by atoms with E-state index in [0.29, 0.717) is 18.5 Å². The van der Waals surface area contributed by atoms with Crippen LogP contribution in [-0.4, -0.2) is 25.9 Å². The predicted octanol–water partition coefficient (Wildman–Crippen LogP) is 2.27. The molecule has 0 spiro atoms. The van der Waals surface area contributed by atoms with Crippen LogP contribution in [0.25, 0.3) is 0 Å². The summed E-state index contributed by atoms with van der Waals surface area (Å²) in [6.45, 7) is 1.86. The highest BCUT2D eigenvalue weighted by Crippen LogP contribution is 2.21. The molecule has 0 fully saturated rings. The third-order valence-electron chi connectivity index (χ3n) is 2.28. The standard InChI is InChI=1S/C11H16BrNO3S/c1-9-8-10(12)4-5-11(9)13-17(15,16)7-3-2-6-14/h4-5,8,13-14H,2-3,6-7H2,1H3. The van der Waals surface area contributed by atoms with Gasteiger partial charge in [0, 0.05) is 11.1 Å². The van der Waals surface area contributed by atoms with Crippen LogP contribution in [-0.2, 0) is 10.0 Å². The van der Waals surface area contributed by atoms with Gasteiger partial charge in [-0.15, -0.1) is 0 Å². The Morgan fingerprint density at radius 3 is 2.65 bits per heavy atom. The first-order valence-corrected chi connectivity index (χ1v) is 7.76. The Kier molecular flexibility index (Phi) is 5.42. The molecule has 4 nitrogen and oxygen atoms in total. The summed E-state index contributed by atoms with van der Waals surface area (Å²) < 4.78 is 26.9. The van der Waals surface area contributed by atoms with Crippen molar-refractivity contribution in [2.24, 2.45) is 0 Å². The highest BCUT2D eigenvalue weighted by Gasteiger charge is 2.11. The SMILES string of the molecule is Cc1cc(Br)ccc1NS(=O)(=O)CCCCO. The van der Waals surface area contributed by atoms with Crippen molar-refractivity contribution in [3.63, 3.8) is 0 Å². The van der Waals surface area contributed by atoms with E-state index in [1.165, 1.54) is 0 Å². The van der Waals surface area contributed by atoms with Crippen LogP contribution in [0.2, 0.25) is 0 Å². The molecule has 0 amide bonds. The van der Waals surface area contributed by atoms with Crippen molar-refractivity contribution in [2.75, 3.05) is 17.1 Å². The number of sulfonamides is 1. The van der Waals surface area contributed by atoms with Gasteiger partial charge in [0.05, 0.1) is 11.4 Å². The topological polar surface area (TPSA) is 66.4 Å². The average Bonchev–Trinajstić information content (AvgIpc) is 2.22. The van der Waals surface area contributed by atoms with Crippen molar-refractivity contribution in [3.05, 3.63) is 28.2 Å². The first-order valence-electron chi connectivity index (χ1n) is 5.32. The van der Waals surface area contributed by atoms with E-state index in [1.54, 1.807) is 12.1 Å². The molecule has 0 saturated carbocycles. The lowest BCUT2D eigenvalue weighted by Crippen LogP contribution is -2.17. The molecule has 0 aliphatic carbocycles. The van der Waals surface area contributed by atoms with Gasteiger partial charge in [0.1, 0.15) is 0 Å². The van der Waals surface area contributed by atoms with Gasteiger partial charge in [-0.2, -0.15) is 0 Å². The van der Waals surface area contributed by atoms with Gasteiger partial charge in [-0.05, 0) is 43.5 Å². The van der Waals surface area contributed by atoms with Crippen molar-refractivity contribution in [1.29, 1.82) is 0 Å². The van der Waals surface area contributed by atoms with E-state index in [4.69, 9.17) is 5.11 Å². The van der Waals surface area contributed by atoms with Gasteiger partial charge < -0.3 is 5.11 Å². The number of hydrogen-bond donors (Lipinski definition) is 2. The van der Waals surface area contributed by atoms with Crippen LogP contribution in [0, 0.1) is 6.92 Å². The van der Waals surface area contributed by atoms with Gasteiger partial charge in [-0.1, -0.05) is 15.9 Å². The Bertz CT molecular complexity index is 474. The number of nitrogens with one attached hydrogen (secondary N) is 1. The number of unbranched alkanes of at least 4 members (excludes halogenated alkanes) is 1. The fraction of sp³-hybridized carbons (Fsp3) is 0.455. The minimum absolute atomic E-state index is 0.0207. The Labute approximate surface area is 110 Å². The first kappa shape index (κ1) is 14.5. The molecule has 2 N–H and O–H groups in total. The summed E-state index contributed by atoms with van der Waals surface area (Å²) in [5.41, 5.74) is 1.46. The lowest BCUT2D eigenvalue weighted by atomic mass is 10.2. The summed E-state index contributed by atoms with van der Waals surface area (Å²) in [5, 5.41) is 8.61. The van der Waals surface area contributed by atoms with Gasteiger partial charge >= 0.3 is 0 Å². The highest BCUT2D eigenvalue weighted by molar-refractivity contribution is 9.10. The van der Waals surface area contributed by atoms with Crippen LogP contribution in [0.1, 0.15) is 18.4 Å². The Hall–Kier alpha value is -0.590. The molecule has 17 heavy (non-hydrogen) atoms. The Morgan fingerprint density at radius 2 is 2.06 bits per heavy atom. The molecule has 96 valence electrons. The van der Waals surface area contributed by atoms with Crippen LogP contribution < -0.4 is 4.72 Å². The molecule has 0 aliphatic heterocycles. The number of aliphatic hydroxyl groups excluding tert-OH is 1. The maximum Gasteiger partial charge on any atom is 0.232 e. The van der Waals surface area contributed by atoms with Gasteiger partial charge in [-0.25, -0.2) is 8.42 Å². The number of hydrogen-bond acceptors (Lipinski definition) is 3. The van der Waals surface area contributed by atoms with Crippen LogP contribution >= 0.6 is 15.9 Å². The molecule has 1 aromatic rings. The van der Waals surface area contributed by atoms with Crippen LogP contribution in [0.4, 0.5) is 5.69 Å². The summed E-state index contributed by atoms with van der Waals surface area (Å²) in [7, 11) is -3.32. The van der Waals surface area contributed by atoms with Gasteiger partial charge in [0.15, 0.2) is 0 Å².